The molecule has 0 heterocycles. The van der Waals surface area contributed by atoms with Gasteiger partial charge in [0.1, 0.15) is 6.04 Å². The maximum absolute atomic E-state index is 11.7. The van der Waals surface area contributed by atoms with E-state index in [1.165, 1.54) is 13.4 Å². The molecule has 1 aromatic rings. The van der Waals surface area contributed by atoms with Gasteiger partial charge in [-0.1, -0.05) is 26.0 Å². The normalized spacial score (nSPS) is 14.8. The smallest absolute Gasteiger partial charge is 0.323 e. The van der Waals surface area contributed by atoms with Gasteiger partial charge in [0.25, 0.3) is 0 Å². The number of carbonyl (C=O) groups is 1. The Balaban J connectivity index is 2.88. The largest absolute Gasteiger partial charge is 0.468 e. The SMILES string of the molecule is COC(=O)[C@@H](NC(C)c1ccc(S(C)(=O)=O)cc1)C(C)C. The van der Waals surface area contributed by atoms with Gasteiger partial charge in [0, 0.05) is 12.3 Å². The fourth-order valence-corrected chi connectivity index (χ4v) is 2.66. The van der Waals surface area contributed by atoms with Crippen LogP contribution in [0.5, 0.6) is 0 Å². The number of ether oxygens (including phenoxy) is 1. The van der Waals surface area contributed by atoms with Gasteiger partial charge in [-0.25, -0.2) is 8.42 Å². The molecule has 2 atom stereocenters. The van der Waals surface area contributed by atoms with Crippen molar-refractivity contribution in [1.29, 1.82) is 0 Å². The van der Waals surface area contributed by atoms with E-state index in [0.717, 1.165) is 5.56 Å². The number of nitrogens with one attached hydrogen (secondary N) is 1. The molecule has 118 valence electrons. The molecule has 0 saturated carbocycles. The number of carbonyl (C=O) groups excluding carboxylic acids is 1. The first-order valence-corrected chi connectivity index (χ1v) is 8.70. The topological polar surface area (TPSA) is 72.5 Å². The third kappa shape index (κ3) is 4.82. The number of benzene rings is 1. The first kappa shape index (κ1) is 17.7. The molecule has 0 amide bonds. The summed E-state index contributed by atoms with van der Waals surface area (Å²) in [7, 11) is -1.83. The molecule has 1 rings (SSSR count). The molecule has 5 nitrogen and oxygen atoms in total. The van der Waals surface area contributed by atoms with E-state index in [4.69, 9.17) is 4.74 Å². The molecule has 1 unspecified atom stereocenters. The lowest BCUT2D eigenvalue weighted by molar-refractivity contribution is -0.144. The van der Waals surface area contributed by atoms with Crippen LogP contribution in [0, 0.1) is 5.92 Å². The molecule has 6 heteroatoms. The zero-order chi connectivity index (χ0) is 16.2. The highest BCUT2D eigenvalue weighted by Crippen LogP contribution is 2.18. The van der Waals surface area contributed by atoms with Crippen molar-refractivity contribution in [3.8, 4) is 0 Å². The van der Waals surface area contributed by atoms with Gasteiger partial charge in [0.05, 0.1) is 12.0 Å². The lowest BCUT2D eigenvalue weighted by Gasteiger charge is -2.24. The average molecular weight is 313 g/mol. The van der Waals surface area contributed by atoms with Crippen LogP contribution < -0.4 is 5.32 Å². The Morgan fingerprint density at radius 3 is 2.05 bits per heavy atom. The zero-order valence-corrected chi connectivity index (χ0v) is 13.9. The Hall–Kier alpha value is -1.40. The lowest BCUT2D eigenvalue weighted by atomic mass is 10.0. The van der Waals surface area contributed by atoms with E-state index < -0.39 is 15.9 Å². The van der Waals surface area contributed by atoms with E-state index in [1.54, 1.807) is 24.3 Å². The fourth-order valence-electron chi connectivity index (χ4n) is 2.03. The first-order valence-electron chi connectivity index (χ1n) is 6.80. The number of hydrogen-bond donors (Lipinski definition) is 1. The van der Waals surface area contributed by atoms with Crippen LogP contribution in [0.15, 0.2) is 29.2 Å². The van der Waals surface area contributed by atoms with Crippen molar-refractivity contribution in [1.82, 2.24) is 5.32 Å². The van der Waals surface area contributed by atoms with Crippen molar-refractivity contribution in [3.05, 3.63) is 29.8 Å². The molecule has 0 spiro atoms. The highest BCUT2D eigenvalue weighted by Gasteiger charge is 2.24. The Kier molecular flexibility index (Phi) is 5.92. The third-order valence-corrected chi connectivity index (χ3v) is 4.49. The summed E-state index contributed by atoms with van der Waals surface area (Å²) in [5.41, 5.74) is 0.914. The van der Waals surface area contributed by atoms with E-state index in [0.29, 0.717) is 0 Å². The van der Waals surface area contributed by atoms with Crippen LogP contribution in [-0.2, 0) is 19.4 Å². The number of hydrogen-bond acceptors (Lipinski definition) is 5. The van der Waals surface area contributed by atoms with E-state index in [1.807, 2.05) is 20.8 Å². The summed E-state index contributed by atoms with van der Waals surface area (Å²) in [6, 6.07) is 6.16. The van der Waals surface area contributed by atoms with Gasteiger partial charge in [-0.2, -0.15) is 0 Å². The van der Waals surface area contributed by atoms with Crippen molar-refractivity contribution < 1.29 is 17.9 Å². The van der Waals surface area contributed by atoms with Crippen LogP contribution >= 0.6 is 0 Å². The zero-order valence-electron chi connectivity index (χ0n) is 13.1. The Morgan fingerprint density at radius 2 is 1.67 bits per heavy atom. The molecule has 0 radical (unpaired) electrons. The summed E-state index contributed by atoms with van der Waals surface area (Å²) in [5.74, 6) is -0.209. The number of sulfone groups is 1. The first-order chi connectivity index (χ1) is 9.66. The summed E-state index contributed by atoms with van der Waals surface area (Å²) >= 11 is 0. The molecule has 0 aromatic heterocycles. The average Bonchev–Trinajstić information content (AvgIpc) is 2.42. The number of rotatable bonds is 6. The lowest BCUT2D eigenvalue weighted by Crippen LogP contribution is -2.42. The Labute approximate surface area is 126 Å². The highest BCUT2D eigenvalue weighted by molar-refractivity contribution is 7.90. The molecule has 0 aliphatic heterocycles. The van der Waals surface area contributed by atoms with Crippen LogP contribution in [0.1, 0.15) is 32.4 Å². The quantitative estimate of drug-likeness (QED) is 0.813. The monoisotopic (exact) mass is 313 g/mol. The molecule has 0 aliphatic carbocycles. The van der Waals surface area contributed by atoms with E-state index in [9.17, 15) is 13.2 Å². The van der Waals surface area contributed by atoms with Gasteiger partial charge in [-0.05, 0) is 30.5 Å². The second kappa shape index (κ2) is 7.04. The van der Waals surface area contributed by atoms with E-state index >= 15 is 0 Å². The van der Waals surface area contributed by atoms with Crippen LogP contribution in [0.25, 0.3) is 0 Å². The summed E-state index contributed by atoms with van der Waals surface area (Å²) in [5, 5.41) is 3.22. The second-order valence-corrected chi connectivity index (χ2v) is 7.49. The predicted molar refractivity (Wildman–Crippen MR) is 81.7 cm³/mol. The number of esters is 1. The molecule has 0 aliphatic rings. The van der Waals surface area contributed by atoms with Gasteiger partial charge in [-0.15, -0.1) is 0 Å². The minimum absolute atomic E-state index is 0.0925. The van der Waals surface area contributed by atoms with E-state index in [2.05, 4.69) is 5.32 Å². The van der Waals surface area contributed by atoms with Crippen molar-refractivity contribution >= 4 is 15.8 Å². The predicted octanol–water partition coefficient (Wildman–Crippen LogP) is 1.94. The molecular formula is C15H23NO4S. The molecular weight excluding hydrogens is 290 g/mol. The molecule has 1 N–H and O–H groups in total. The summed E-state index contributed by atoms with van der Waals surface area (Å²) in [6.07, 6.45) is 1.18. The molecule has 0 fully saturated rings. The number of methoxy groups -OCH3 is 1. The van der Waals surface area contributed by atoms with Gasteiger partial charge >= 0.3 is 5.97 Å². The van der Waals surface area contributed by atoms with Gasteiger partial charge < -0.3 is 4.74 Å². The Bertz CT molecular complexity index is 578. The maximum atomic E-state index is 11.7. The van der Waals surface area contributed by atoms with Gasteiger partial charge in [-0.3, -0.25) is 10.1 Å². The summed E-state index contributed by atoms with van der Waals surface area (Å²) in [4.78, 5) is 12.0. The van der Waals surface area contributed by atoms with Crippen LogP contribution in [-0.4, -0.2) is 33.8 Å². The standard InChI is InChI=1S/C15H23NO4S/c1-10(2)14(15(17)20-4)16-11(3)12-6-8-13(9-7-12)21(5,18)19/h6-11,14,16H,1-5H3/t11?,14-/m0/s1. The fraction of sp³-hybridized carbons (Fsp3) is 0.533. The third-order valence-electron chi connectivity index (χ3n) is 3.36. The summed E-state index contributed by atoms with van der Waals surface area (Å²) < 4.78 is 27.7. The van der Waals surface area contributed by atoms with Crippen molar-refractivity contribution in [2.75, 3.05) is 13.4 Å². The second-order valence-electron chi connectivity index (χ2n) is 5.47. The summed E-state index contributed by atoms with van der Waals surface area (Å²) in [6.45, 7) is 5.80. The van der Waals surface area contributed by atoms with Gasteiger partial charge in [0.15, 0.2) is 9.84 Å². The molecule has 0 bridgehead atoms. The molecule has 21 heavy (non-hydrogen) atoms. The maximum Gasteiger partial charge on any atom is 0.323 e. The molecule has 0 saturated heterocycles. The van der Waals surface area contributed by atoms with Crippen LogP contribution in [0.3, 0.4) is 0 Å². The van der Waals surface area contributed by atoms with E-state index in [-0.39, 0.29) is 22.8 Å². The van der Waals surface area contributed by atoms with Crippen molar-refractivity contribution in [2.45, 2.75) is 37.8 Å². The highest BCUT2D eigenvalue weighted by atomic mass is 32.2. The van der Waals surface area contributed by atoms with Crippen LogP contribution in [0.4, 0.5) is 0 Å². The Morgan fingerprint density at radius 1 is 1.14 bits per heavy atom. The van der Waals surface area contributed by atoms with Crippen molar-refractivity contribution in [3.63, 3.8) is 0 Å². The minimum atomic E-state index is -3.19. The minimum Gasteiger partial charge on any atom is -0.468 e. The van der Waals surface area contributed by atoms with Crippen LogP contribution in [0.2, 0.25) is 0 Å². The molecule has 1 aromatic carbocycles. The van der Waals surface area contributed by atoms with Gasteiger partial charge in [0.2, 0.25) is 0 Å². The van der Waals surface area contributed by atoms with Crippen molar-refractivity contribution in [2.24, 2.45) is 5.92 Å².